The molecule has 0 bridgehead atoms. The Morgan fingerprint density at radius 3 is 2.55 bits per heavy atom. The summed E-state index contributed by atoms with van der Waals surface area (Å²) < 4.78 is 46.1. The van der Waals surface area contributed by atoms with Crippen molar-refractivity contribution in [1.82, 2.24) is 14.9 Å². The first kappa shape index (κ1) is 27.1. The number of hydrogen-bond donors (Lipinski definition) is 2. The van der Waals surface area contributed by atoms with E-state index in [1.807, 2.05) is 6.92 Å². The molecule has 10 heteroatoms. The maximum atomic E-state index is 13.6. The molecule has 0 radical (unpaired) electrons. The predicted octanol–water partition coefficient (Wildman–Crippen LogP) is 4.30. The number of morpholine rings is 1. The summed E-state index contributed by atoms with van der Waals surface area (Å²) in [5.41, 5.74) is 7.58. The smallest absolute Gasteiger partial charge is 0.379 e. The zero-order valence-electron chi connectivity index (χ0n) is 20.9. The minimum absolute atomic E-state index is 0.0958. The molecule has 0 atom stereocenters. The van der Waals surface area contributed by atoms with Crippen molar-refractivity contribution in [1.29, 1.82) is 0 Å². The quantitative estimate of drug-likeness (QED) is 0.468. The van der Waals surface area contributed by atoms with Crippen molar-refractivity contribution >= 4 is 17.5 Å². The number of halogens is 3. The fourth-order valence-electron chi connectivity index (χ4n) is 4.05. The van der Waals surface area contributed by atoms with Crippen LogP contribution in [0.3, 0.4) is 0 Å². The van der Waals surface area contributed by atoms with Crippen LogP contribution >= 0.6 is 0 Å². The van der Waals surface area contributed by atoms with Gasteiger partial charge < -0.3 is 15.8 Å². The fourth-order valence-corrected chi connectivity index (χ4v) is 4.05. The normalized spacial score (nSPS) is 14.0. The summed E-state index contributed by atoms with van der Waals surface area (Å²) in [6.07, 6.45) is -0.379. The molecule has 0 unspecified atom stereocenters. The number of hydrogen-bond acceptors (Lipinski definition) is 6. The largest absolute Gasteiger partial charge is 0.416 e. The molecule has 3 N–H and O–H groups in total. The number of rotatable bonds is 6. The van der Waals surface area contributed by atoms with Gasteiger partial charge in [-0.3, -0.25) is 9.69 Å². The first-order valence-electron chi connectivity index (χ1n) is 12.2. The Balaban J connectivity index is 1.49. The van der Waals surface area contributed by atoms with E-state index in [1.165, 1.54) is 12.4 Å². The lowest BCUT2D eigenvalue weighted by Crippen LogP contribution is -2.36. The van der Waals surface area contributed by atoms with E-state index in [9.17, 15) is 18.0 Å². The highest BCUT2D eigenvalue weighted by Gasteiger charge is 2.31. The van der Waals surface area contributed by atoms with Crippen molar-refractivity contribution in [2.75, 3.05) is 43.9 Å². The van der Waals surface area contributed by atoms with Crippen molar-refractivity contribution < 1.29 is 22.7 Å². The van der Waals surface area contributed by atoms with E-state index in [4.69, 9.17) is 10.5 Å². The Morgan fingerprint density at radius 2 is 1.84 bits per heavy atom. The molecule has 1 saturated heterocycles. The molecule has 3 aromatic rings. The molecule has 198 valence electrons. The average molecular weight is 524 g/mol. The first-order chi connectivity index (χ1) is 18.2. The summed E-state index contributed by atoms with van der Waals surface area (Å²) in [5.74, 6) is 5.52. The van der Waals surface area contributed by atoms with E-state index in [1.54, 1.807) is 24.3 Å². The summed E-state index contributed by atoms with van der Waals surface area (Å²) >= 11 is 0. The second kappa shape index (κ2) is 12.1. The number of nitrogens with one attached hydrogen (secondary N) is 1. The maximum absolute atomic E-state index is 13.6. The molecule has 2 heterocycles. The molecule has 7 nitrogen and oxygen atoms in total. The molecular weight excluding hydrogens is 495 g/mol. The van der Waals surface area contributed by atoms with Gasteiger partial charge in [0.15, 0.2) is 0 Å². The number of nitrogens with zero attached hydrogens (tertiary/aromatic N) is 3. The Bertz CT molecular complexity index is 1340. The summed E-state index contributed by atoms with van der Waals surface area (Å²) in [5, 5.41) is 2.63. The number of carbonyl (C=O) groups excluding carboxylic acids is 1. The molecule has 2 aromatic carbocycles. The van der Waals surface area contributed by atoms with Gasteiger partial charge in [0.1, 0.15) is 0 Å². The standard InChI is InChI=1S/C28H28F3N5O2/c1-19-4-6-23(15-22(19)7-5-21-17-33-27(32)34-18-21)26(37)35-25-14-20(13-24(16-25)28(29,30)31)3-2-8-36-9-11-38-12-10-36/h4,6,13-18H,2-3,8-12H2,1H3,(H,35,37)(H2,32,33,34). The Kier molecular flexibility index (Phi) is 8.61. The maximum Gasteiger partial charge on any atom is 0.416 e. The third kappa shape index (κ3) is 7.54. The summed E-state index contributed by atoms with van der Waals surface area (Å²) in [6, 6.07) is 8.66. The van der Waals surface area contributed by atoms with Crippen LogP contribution in [-0.4, -0.2) is 53.6 Å². The summed E-state index contributed by atoms with van der Waals surface area (Å²) in [7, 11) is 0. The number of amides is 1. The molecular formula is C28H28F3N5O2. The van der Waals surface area contributed by atoms with Crippen LogP contribution < -0.4 is 11.1 Å². The van der Waals surface area contributed by atoms with Crippen LogP contribution in [0.25, 0.3) is 0 Å². The number of aryl methyl sites for hydroxylation is 2. The van der Waals surface area contributed by atoms with Gasteiger partial charge in [-0.1, -0.05) is 17.9 Å². The van der Waals surface area contributed by atoms with Crippen molar-refractivity contribution in [3.8, 4) is 11.8 Å². The lowest BCUT2D eigenvalue weighted by Gasteiger charge is -2.26. The van der Waals surface area contributed by atoms with E-state index < -0.39 is 17.6 Å². The molecule has 1 fully saturated rings. The summed E-state index contributed by atoms with van der Waals surface area (Å²) in [4.78, 5) is 23.0. The Morgan fingerprint density at radius 1 is 1.11 bits per heavy atom. The van der Waals surface area contributed by atoms with Gasteiger partial charge in [-0.25, -0.2) is 9.97 Å². The topological polar surface area (TPSA) is 93.4 Å². The van der Waals surface area contributed by atoms with Crippen LogP contribution in [0.5, 0.6) is 0 Å². The first-order valence-corrected chi connectivity index (χ1v) is 12.2. The number of nitrogens with two attached hydrogens (primary N) is 1. The number of alkyl halides is 3. The van der Waals surface area contributed by atoms with E-state index in [-0.39, 0.29) is 17.2 Å². The van der Waals surface area contributed by atoms with Crippen molar-refractivity contribution in [2.24, 2.45) is 0 Å². The number of benzene rings is 2. The highest BCUT2D eigenvalue weighted by molar-refractivity contribution is 6.04. The molecule has 38 heavy (non-hydrogen) atoms. The van der Waals surface area contributed by atoms with Crippen LogP contribution in [0.15, 0.2) is 48.8 Å². The van der Waals surface area contributed by atoms with Crippen molar-refractivity contribution in [2.45, 2.75) is 25.9 Å². The van der Waals surface area contributed by atoms with Gasteiger partial charge in [0.25, 0.3) is 5.91 Å². The average Bonchev–Trinajstić information content (AvgIpc) is 2.89. The van der Waals surface area contributed by atoms with Crippen molar-refractivity contribution in [3.05, 3.63) is 82.2 Å². The van der Waals surface area contributed by atoms with Crippen LogP contribution in [0.4, 0.5) is 24.8 Å². The minimum Gasteiger partial charge on any atom is -0.379 e. The molecule has 0 saturated carbocycles. The van der Waals surface area contributed by atoms with E-state index in [0.29, 0.717) is 42.7 Å². The third-order valence-electron chi connectivity index (χ3n) is 6.13. The molecule has 0 spiro atoms. The number of ether oxygens (including phenoxy) is 1. The van der Waals surface area contributed by atoms with Crippen LogP contribution in [0.2, 0.25) is 0 Å². The zero-order chi connectivity index (χ0) is 27.1. The Labute approximate surface area is 219 Å². The van der Waals surface area contributed by atoms with Gasteiger partial charge in [-0.2, -0.15) is 13.2 Å². The van der Waals surface area contributed by atoms with Crippen LogP contribution in [0.1, 0.15) is 44.6 Å². The van der Waals surface area contributed by atoms with Gasteiger partial charge in [0, 0.05) is 42.3 Å². The fraction of sp³-hybridized carbons (Fsp3) is 0.321. The third-order valence-corrected chi connectivity index (χ3v) is 6.13. The number of nitrogen functional groups attached to an aromatic ring is 1. The lowest BCUT2D eigenvalue weighted by atomic mass is 10.0. The lowest BCUT2D eigenvalue weighted by molar-refractivity contribution is -0.137. The van der Waals surface area contributed by atoms with E-state index >= 15 is 0 Å². The van der Waals surface area contributed by atoms with Crippen molar-refractivity contribution in [3.63, 3.8) is 0 Å². The van der Waals surface area contributed by atoms with Gasteiger partial charge in [0.05, 0.1) is 24.3 Å². The van der Waals surface area contributed by atoms with Gasteiger partial charge in [0.2, 0.25) is 5.95 Å². The zero-order valence-corrected chi connectivity index (χ0v) is 20.9. The molecule has 1 aliphatic rings. The number of aromatic nitrogens is 2. The SMILES string of the molecule is Cc1ccc(C(=O)Nc2cc(CCCN3CCOCC3)cc(C(F)(F)F)c2)cc1C#Cc1cnc(N)nc1. The van der Waals surface area contributed by atoms with E-state index in [2.05, 4.69) is 32.0 Å². The molecule has 1 aliphatic heterocycles. The highest BCUT2D eigenvalue weighted by atomic mass is 19.4. The summed E-state index contributed by atoms with van der Waals surface area (Å²) in [6.45, 7) is 5.60. The molecule has 1 aromatic heterocycles. The monoisotopic (exact) mass is 523 g/mol. The van der Waals surface area contributed by atoms with Gasteiger partial charge in [-0.15, -0.1) is 0 Å². The molecule has 0 aliphatic carbocycles. The second-order valence-electron chi connectivity index (χ2n) is 9.04. The molecule has 1 amide bonds. The van der Waals surface area contributed by atoms with Crippen LogP contribution in [0, 0.1) is 18.8 Å². The Hall–Kier alpha value is -3.94. The highest BCUT2D eigenvalue weighted by Crippen LogP contribution is 2.32. The minimum atomic E-state index is -4.53. The molecule has 4 rings (SSSR count). The van der Waals surface area contributed by atoms with Gasteiger partial charge in [-0.05, 0) is 67.8 Å². The second-order valence-corrected chi connectivity index (χ2v) is 9.04. The predicted molar refractivity (Wildman–Crippen MR) is 139 cm³/mol. The number of anilines is 2. The van der Waals surface area contributed by atoms with E-state index in [0.717, 1.165) is 37.3 Å². The number of carbonyl (C=O) groups is 1. The van der Waals surface area contributed by atoms with Crippen LogP contribution in [-0.2, 0) is 17.3 Å². The van der Waals surface area contributed by atoms with Gasteiger partial charge >= 0.3 is 6.18 Å².